The molecule has 1 fully saturated rings. The third-order valence-electron chi connectivity index (χ3n) is 3.48. The molecule has 0 heterocycles. The van der Waals surface area contributed by atoms with E-state index >= 15 is 0 Å². The van der Waals surface area contributed by atoms with Gasteiger partial charge in [-0.05, 0) is 30.5 Å². The van der Waals surface area contributed by atoms with Gasteiger partial charge in [-0.1, -0.05) is 48.5 Å². The SMILES string of the molecule is Clc1ccc(CNC2CCCCCC2Cl)cc1Cl. The van der Waals surface area contributed by atoms with Gasteiger partial charge in [0, 0.05) is 18.0 Å². The average Bonchev–Trinajstić information content (AvgIpc) is 2.56. The summed E-state index contributed by atoms with van der Waals surface area (Å²) >= 11 is 18.3. The number of rotatable bonds is 3. The van der Waals surface area contributed by atoms with Gasteiger partial charge in [-0.2, -0.15) is 0 Å². The van der Waals surface area contributed by atoms with Crippen LogP contribution in [0, 0.1) is 0 Å². The molecular formula is C14H18Cl3N. The van der Waals surface area contributed by atoms with Gasteiger partial charge in [0.15, 0.2) is 0 Å². The van der Waals surface area contributed by atoms with Crippen LogP contribution < -0.4 is 5.32 Å². The fourth-order valence-electron chi connectivity index (χ4n) is 2.39. The van der Waals surface area contributed by atoms with Gasteiger partial charge in [0.05, 0.1) is 10.0 Å². The third-order valence-corrected chi connectivity index (χ3v) is 4.75. The Morgan fingerprint density at radius 2 is 1.83 bits per heavy atom. The topological polar surface area (TPSA) is 12.0 Å². The minimum absolute atomic E-state index is 0.246. The smallest absolute Gasteiger partial charge is 0.0595 e. The number of hydrogen-bond donors (Lipinski definition) is 1. The van der Waals surface area contributed by atoms with Crippen molar-refractivity contribution in [3.05, 3.63) is 33.8 Å². The molecule has 1 nitrogen and oxygen atoms in total. The van der Waals surface area contributed by atoms with Crippen LogP contribution in [0.1, 0.15) is 37.7 Å². The lowest BCUT2D eigenvalue weighted by Crippen LogP contribution is -2.35. The molecule has 0 aliphatic heterocycles. The number of hydrogen-bond acceptors (Lipinski definition) is 1. The molecule has 0 radical (unpaired) electrons. The second kappa shape index (κ2) is 7.00. The van der Waals surface area contributed by atoms with Gasteiger partial charge in [-0.25, -0.2) is 0 Å². The Kier molecular flexibility index (Phi) is 5.62. The number of halogens is 3. The molecule has 18 heavy (non-hydrogen) atoms. The Labute approximate surface area is 124 Å². The molecule has 1 aliphatic carbocycles. The first-order valence-corrected chi connectivity index (χ1v) is 7.67. The maximum absolute atomic E-state index is 6.40. The summed E-state index contributed by atoms with van der Waals surface area (Å²) in [5.74, 6) is 0. The molecule has 1 aromatic carbocycles. The van der Waals surface area contributed by atoms with Gasteiger partial charge in [0.25, 0.3) is 0 Å². The Balaban J connectivity index is 1.91. The largest absolute Gasteiger partial charge is 0.308 e. The van der Waals surface area contributed by atoms with Crippen LogP contribution in [0.5, 0.6) is 0 Å². The molecule has 0 bridgehead atoms. The average molecular weight is 307 g/mol. The Morgan fingerprint density at radius 1 is 1.06 bits per heavy atom. The minimum Gasteiger partial charge on any atom is -0.308 e. The molecule has 1 aromatic rings. The normalized spacial score (nSPS) is 24.8. The molecule has 0 amide bonds. The standard InChI is InChI=1S/C14H18Cl3N/c15-11-7-6-10(8-13(11)17)9-18-14-5-3-1-2-4-12(14)16/h6-8,12,14,18H,1-5,9H2. The van der Waals surface area contributed by atoms with Crippen LogP contribution in [0.2, 0.25) is 10.0 Å². The van der Waals surface area contributed by atoms with Crippen molar-refractivity contribution in [2.24, 2.45) is 0 Å². The van der Waals surface area contributed by atoms with E-state index in [4.69, 9.17) is 34.8 Å². The predicted molar refractivity (Wildman–Crippen MR) is 79.8 cm³/mol. The summed E-state index contributed by atoms with van der Waals surface area (Å²) in [5, 5.41) is 5.00. The number of alkyl halides is 1. The lowest BCUT2D eigenvalue weighted by molar-refractivity contribution is 0.465. The maximum Gasteiger partial charge on any atom is 0.0595 e. The molecule has 0 saturated heterocycles. The van der Waals surface area contributed by atoms with Crippen LogP contribution in [0.4, 0.5) is 0 Å². The lowest BCUT2D eigenvalue weighted by atomic mass is 10.1. The summed E-state index contributed by atoms with van der Waals surface area (Å²) in [6.07, 6.45) is 6.09. The fraction of sp³-hybridized carbons (Fsp3) is 0.571. The van der Waals surface area contributed by atoms with E-state index in [-0.39, 0.29) is 5.38 Å². The number of benzene rings is 1. The highest BCUT2D eigenvalue weighted by Crippen LogP contribution is 2.24. The van der Waals surface area contributed by atoms with Crippen LogP contribution in [-0.2, 0) is 6.54 Å². The second-order valence-corrected chi connectivity index (χ2v) is 6.26. The van der Waals surface area contributed by atoms with Crippen LogP contribution in [0.3, 0.4) is 0 Å². The van der Waals surface area contributed by atoms with E-state index < -0.39 is 0 Å². The number of nitrogens with one attached hydrogen (secondary N) is 1. The molecule has 0 spiro atoms. The summed E-state index contributed by atoms with van der Waals surface area (Å²) in [4.78, 5) is 0. The monoisotopic (exact) mass is 305 g/mol. The van der Waals surface area contributed by atoms with Gasteiger partial charge < -0.3 is 5.32 Å². The van der Waals surface area contributed by atoms with Crippen LogP contribution in [0.15, 0.2) is 18.2 Å². The molecule has 2 atom stereocenters. The van der Waals surface area contributed by atoms with E-state index in [2.05, 4.69) is 5.32 Å². The molecule has 4 heteroatoms. The van der Waals surface area contributed by atoms with Gasteiger partial charge in [0.1, 0.15) is 0 Å². The first-order chi connectivity index (χ1) is 8.66. The maximum atomic E-state index is 6.40. The molecule has 0 aromatic heterocycles. The zero-order valence-corrected chi connectivity index (χ0v) is 12.5. The molecule has 1 N–H and O–H groups in total. The Bertz CT molecular complexity index is 395. The molecule has 100 valence electrons. The third kappa shape index (κ3) is 4.03. The summed E-state index contributed by atoms with van der Waals surface area (Å²) in [6, 6.07) is 6.16. The zero-order chi connectivity index (χ0) is 13.0. The van der Waals surface area contributed by atoms with E-state index in [0.717, 1.165) is 24.9 Å². The summed E-state index contributed by atoms with van der Waals surface area (Å²) in [6.45, 7) is 0.796. The van der Waals surface area contributed by atoms with E-state index in [1.165, 1.54) is 19.3 Å². The van der Waals surface area contributed by atoms with Crippen molar-refractivity contribution in [1.29, 1.82) is 0 Å². The predicted octanol–water partition coefficient (Wildman–Crippen LogP) is 5.02. The summed E-state index contributed by atoms with van der Waals surface area (Å²) < 4.78 is 0. The van der Waals surface area contributed by atoms with Gasteiger partial charge in [0.2, 0.25) is 0 Å². The summed E-state index contributed by atoms with van der Waals surface area (Å²) in [7, 11) is 0. The van der Waals surface area contributed by atoms with Crippen molar-refractivity contribution in [1.82, 2.24) is 5.32 Å². The first-order valence-electron chi connectivity index (χ1n) is 6.48. The Morgan fingerprint density at radius 3 is 2.61 bits per heavy atom. The van der Waals surface area contributed by atoms with E-state index in [1.54, 1.807) is 0 Å². The van der Waals surface area contributed by atoms with Crippen molar-refractivity contribution in [3.63, 3.8) is 0 Å². The zero-order valence-electron chi connectivity index (χ0n) is 10.3. The highest BCUT2D eigenvalue weighted by atomic mass is 35.5. The second-order valence-electron chi connectivity index (χ2n) is 4.89. The van der Waals surface area contributed by atoms with Crippen molar-refractivity contribution in [2.75, 3.05) is 0 Å². The van der Waals surface area contributed by atoms with Gasteiger partial charge in [-0.15, -0.1) is 11.6 Å². The van der Waals surface area contributed by atoms with Gasteiger partial charge >= 0.3 is 0 Å². The van der Waals surface area contributed by atoms with E-state index in [9.17, 15) is 0 Å². The Hall–Kier alpha value is 0.0500. The van der Waals surface area contributed by atoms with Crippen molar-refractivity contribution in [3.8, 4) is 0 Å². The fourth-order valence-corrected chi connectivity index (χ4v) is 3.08. The van der Waals surface area contributed by atoms with Crippen molar-refractivity contribution < 1.29 is 0 Å². The van der Waals surface area contributed by atoms with Crippen molar-refractivity contribution in [2.45, 2.75) is 50.1 Å². The highest BCUT2D eigenvalue weighted by Gasteiger charge is 2.20. The molecule has 1 aliphatic rings. The molecule has 2 unspecified atom stereocenters. The van der Waals surface area contributed by atoms with Gasteiger partial charge in [-0.3, -0.25) is 0 Å². The van der Waals surface area contributed by atoms with Crippen LogP contribution in [-0.4, -0.2) is 11.4 Å². The van der Waals surface area contributed by atoms with Crippen molar-refractivity contribution >= 4 is 34.8 Å². The quantitative estimate of drug-likeness (QED) is 0.610. The molecular weight excluding hydrogens is 289 g/mol. The van der Waals surface area contributed by atoms with Crippen LogP contribution in [0.25, 0.3) is 0 Å². The van der Waals surface area contributed by atoms with E-state index in [1.807, 2.05) is 18.2 Å². The van der Waals surface area contributed by atoms with E-state index in [0.29, 0.717) is 16.1 Å². The first kappa shape index (κ1) is 14.5. The van der Waals surface area contributed by atoms with Crippen LogP contribution >= 0.6 is 34.8 Å². The highest BCUT2D eigenvalue weighted by molar-refractivity contribution is 6.42. The summed E-state index contributed by atoms with van der Waals surface area (Å²) in [5.41, 5.74) is 1.15. The molecule has 2 rings (SSSR count). The lowest BCUT2D eigenvalue weighted by Gasteiger charge is -2.21. The molecule has 1 saturated carbocycles. The minimum atomic E-state index is 0.246.